The first-order valence-corrected chi connectivity index (χ1v) is 6.83. The molecule has 0 spiro atoms. The van der Waals surface area contributed by atoms with Gasteiger partial charge in [-0.25, -0.2) is 0 Å². The molecule has 1 N–H and O–H groups in total. The first-order valence-electron chi connectivity index (χ1n) is 6.83. The van der Waals surface area contributed by atoms with Crippen molar-refractivity contribution >= 4 is 5.69 Å². The summed E-state index contributed by atoms with van der Waals surface area (Å²) in [4.78, 5) is 1.58. The standard InChI is InChI=1S/C15H17F3N2O/c1-3-14(21)6-7-20(10(14)2)13-5-4-11(9-19)8-12(13)15(16,17)18/h4-5,8,10,21H,3,6-7H2,1-2H3. The quantitative estimate of drug-likeness (QED) is 0.911. The first kappa shape index (κ1) is 15.6. The Morgan fingerprint density at radius 1 is 1.48 bits per heavy atom. The molecule has 0 amide bonds. The van der Waals surface area contributed by atoms with E-state index in [1.54, 1.807) is 17.9 Å². The average Bonchev–Trinajstić information content (AvgIpc) is 2.74. The third-order valence-electron chi connectivity index (χ3n) is 4.38. The highest BCUT2D eigenvalue weighted by Gasteiger charge is 2.44. The zero-order valence-corrected chi connectivity index (χ0v) is 11.9. The number of halogens is 3. The molecule has 0 aliphatic carbocycles. The Hall–Kier alpha value is -1.74. The van der Waals surface area contributed by atoms with E-state index >= 15 is 0 Å². The number of benzene rings is 1. The number of nitriles is 1. The Kier molecular flexibility index (Phi) is 3.89. The summed E-state index contributed by atoms with van der Waals surface area (Å²) in [6.45, 7) is 3.92. The number of hydrogen-bond acceptors (Lipinski definition) is 3. The third-order valence-corrected chi connectivity index (χ3v) is 4.38. The van der Waals surface area contributed by atoms with Gasteiger partial charge in [0.1, 0.15) is 0 Å². The molecule has 2 rings (SSSR count). The summed E-state index contributed by atoms with van der Waals surface area (Å²) in [6.07, 6.45) is -3.61. The van der Waals surface area contributed by atoms with Gasteiger partial charge in [-0.15, -0.1) is 0 Å². The van der Waals surface area contributed by atoms with E-state index in [0.717, 1.165) is 6.07 Å². The fourth-order valence-electron chi connectivity index (χ4n) is 2.89. The van der Waals surface area contributed by atoms with Crippen LogP contribution in [0.4, 0.5) is 18.9 Å². The van der Waals surface area contributed by atoms with Gasteiger partial charge in [-0.1, -0.05) is 6.92 Å². The van der Waals surface area contributed by atoms with E-state index in [2.05, 4.69) is 0 Å². The van der Waals surface area contributed by atoms with E-state index in [9.17, 15) is 18.3 Å². The van der Waals surface area contributed by atoms with Crippen LogP contribution >= 0.6 is 0 Å². The van der Waals surface area contributed by atoms with Crippen molar-refractivity contribution in [3.8, 4) is 6.07 Å². The highest BCUT2D eigenvalue weighted by Crippen LogP contribution is 2.42. The molecular formula is C15H17F3N2O. The van der Waals surface area contributed by atoms with Gasteiger partial charge in [0.05, 0.1) is 28.8 Å². The van der Waals surface area contributed by atoms with Gasteiger partial charge in [-0.3, -0.25) is 0 Å². The lowest BCUT2D eigenvalue weighted by molar-refractivity contribution is -0.137. The lowest BCUT2D eigenvalue weighted by Crippen LogP contribution is -2.42. The zero-order valence-electron chi connectivity index (χ0n) is 11.9. The molecule has 1 aliphatic rings. The van der Waals surface area contributed by atoms with E-state index in [1.165, 1.54) is 12.1 Å². The minimum atomic E-state index is -4.53. The Morgan fingerprint density at radius 2 is 2.14 bits per heavy atom. The lowest BCUT2D eigenvalue weighted by Gasteiger charge is -2.33. The summed E-state index contributed by atoms with van der Waals surface area (Å²) in [5.74, 6) is 0. The molecule has 1 fully saturated rings. The number of aliphatic hydroxyl groups is 1. The number of rotatable bonds is 2. The minimum Gasteiger partial charge on any atom is -0.388 e. The minimum absolute atomic E-state index is 0.0244. The molecule has 0 aromatic heterocycles. The number of nitrogens with zero attached hydrogens (tertiary/aromatic N) is 2. The van der Waals surface area contributed by atoms with E-state index in [1.807, 2.05) is 6.92 Å². The van der Waals surface area contributed by atoms with E-state index < -0.39 is 23.4 Å². The fourth-order valence-corrected chi connectivity index (χ4v) is 2.89. The van der Waals surface area contributed by atoms with E-state index in [-0.39, 0.29) is 11.3 Å². The van der Waals surface area contributed by atoms with Crippen LogP contribution in [-0.4, -0.2) is 23.3 Å². The van der Waals surface area contributed by atoms with Gasteiger partial charge in [-0.05, 0) is 38.0 Å². The van der Waals surface area contributed by atoms with Gasteiger partial charge in [0.25, 0.3) is 0 Å². The molecule has 21 heavy (non-hydrogen) atoms. The van der Waals surface area contributed by atoms with Gasteiger partial charge in [-0.2, -0.15) is 18.4 Å². The SMILES string of the molecule is CCC1(O)CCN(c2ccc(C#N)cc2C(F)(F)F)C1C. The molecule has 114 valence electrons. The largest absolute Gasteiger partial charge is 0.418 e. The molecule has 0 radical (unpaired) electrons. The van der Waals surface area contributed by atoms with Gasteiger partial charge in [0.2, 0.25) is 0 Å². The number of hydrogen-bond donors (Lipinski definition) is 1. The van der Waals surface area contributed by atoms with Crippen molar-refractivity contribution in [2.45, 2.75) is 44.5 Å². The zero-order chi connectivity index (χ0) is 15.8. The normalized spacial score (nSPS) is 26.0. The predicted molar refractivity (Wildman–Crippen MR) is 72.8 cm³/mol. The van der Waals surface area contributed by atoms with E-state index in [4.69, 9.17) is 5.26 Å². The maximum absolute atomic E-state index is 13.2. The fraction of sp³-hybridized carbons (Fsp3) is 0.533. The summed E-state index contributed by atoms with van der Waals surface area (Å²) in [6, 6.07) is 4.88. The Balaban J connectivity index is 2.48. The molecule has 0 bridgehead atoms. The van der Waals surface area contributed by atoms with Crippen LogP contribution in [0.5, 0.6) is 0 Å². The van der Waals surface area contributed by atoms with Crippen LogP contribution in [0.1, 0.15) is 37.8 Å². The second kappa shape index (κ2) is 5.23. The van der Waals surface area contributed by atoms with Crippen molar-refractivity contribution in [3.05, 3.63) is 29.3 Å². The average molecular weight is 298 g/mol. The first-order chi connectivity index (χ1) is 9.73. The van der Waals surface area contributed by atoms with Gasteiger partial charge in [0, 0.05) is 12.2 Å². The molecule has 3 nitrogen and oxygen atoms in total. The Labute approximate surface area is 121 Å². The smallest absolute Gasteiger partial charge is 0.388 e. The van der Waals surface area contributed by atoms with Crippen molar-refractivity contribution in [3.63, 3.8) is 0 Å². The summed E-state index contributed by atoms with van der Waals surface area (Å²) in [7, 11) is 0. The molecule has 1 heterocycles. The number of anilines is 1. The van der Waals surface area contributed by atoms with Gasteiger partial charge < -0.3 is 10.0 Å². The van der Waals surface area contributed by atoms with Crippen LogP contribution < -0.4 is 4.90 Å². The van der Waals surface area contributed by atoms with Crippen LogP contribution in [0.25, 0.3) is 0 Å². The second-order valence-electron chi connectivity index (χ2n) is 5.42. The van der Waals surface area contributed by atoms with Crippen LogP contribution in [0.15, 0.2) is 18.2 Å². The molecular weight excluding hydrogens is 281 g/mol. The Morgan fingerprint density at radius 3 is 2.62 bits per heavy atom. The highest BCUT2D eigenvalue weighted by atomic mass is 19.4. The van der Waals surface area contributed by atoms with Crippen molar-refractivity contribution < 1.29 is 18.3 Å². The van der Waals surface area contributed by atoms with Gasteiger partial charge in [0.15, 0.2) is 0 Å². The molecule has 2 atom stereocenters. The molecule has 1 aliphatic heterocycles. The molecule has 6 heteroatoms. The second-order valence-corrected chi connectivity index (χ2v) is 5.42. The van der Waals surface area contributed by atoms with Crippen LogP contribution in [0.3, 0.4) is 0 Å². The summed E-state index contributed by atoms with van der Waals surface area (Å²) in [5.41, 5.74) is -1.80. The van der Waals surface area contributed by atoms with Crippen LogP contribution in [-0.2, 0) is 6.18 Å². The number of alkyl halides is 3. The van der Waals surface area contributed by atoms with Crippen molar-refractivity contribution in [2.24, 2.45) is 0 Å². The monoisotopic (exact) mass is 298 g/mol. The van der Waals surface area contributed by atoms with Crippen LogP contribution in [0.2, 0.25) is 0 Å². The van der Waals surface area contributed by atoms with E-state index in [0.29, 0.717) is 19.4 Å². The highest BCUT2D eigenvalue weighted by molar-refractivity contribution is 5.59. The molecule has 1 saturated heterocycles. The maximum atomic E-state index is 13.2. The Bertz CT molecular complexity index is 579. The molecule has 1 aromatic rings. The predicted octanol–water partition coefficient (Wildman–Crippen LogP) is 3.32. The summed E-state index contributed by atoms with van der Waals surface area (Å²) >= 11 is 0. The molecule has 2 unspecified atom stereocenters. The van der Waals surface area contributed by atoms with Crippen molar-refractivity contribution in [1.29, 1.82) is 5.26 Å². The molecule has 0 saturated carbocycles. The lowest BCUT2D eigenvalue weighted by atomic mass is 9.92. The molecule has 1 aromatic carbocycles. The van der Waals surface area contributed by atoms with Crippen molar-refractivity contribution in [2.75, 3.05) is 11.4 Å². The van der Waals surface area contributed by atoms with Crippen molar-refractivity contribution in [1.82, 2.24) is 0 Å². The summed E-state index contributed by atoms with van der Waals surface area (Å²) in [5, 5.41) is 19.2. The van der Waals surface area contributed by atoms with Crippen LogP contribution in [0, 0.1) is 11.3 Å². The summed E-state index contributed by atoms with van der Waals surface area (Å²) < 4.78 is 39.7. The van der Waals surface area contributed by atoms with Gasteiger partial charge >= 0.3 is 6.18 Å². The topological polar surface area (TPSA) is 47.3 Å². The maximum Gasteiger partial charge on any atom is 0.418 e. The third kappa shape index (κ3) is 2.70.